The van der Waals surface area contributed by atoms with Crippen LogP contribution in [0.1, 0.15) is 107 Å². The highest BCUT2D eigenvalue weighted by atomic mass is 16.8. The molecule has 11 fully saturated rings. The van der Waals surface area contributed by atoms with Gasteiger partial charge in [-0.05, 0) is 105 Å². The van der Waals surface area contributed by atoms with Gasteiger partial charge in [-0.3, -0.25) is 4.79 Å². The van der Waals surface area contributed by atoms with Crippen molar-refractivity contribution in [3.8, 4) is 0 Å². The molecule has 12 rings (SSSR count). The standard InChI is InChI=1S/C68H110O35/c1-25-37(77)41(81)43(83)56(94-25)98-48-32(75)21-91-55(44(48)84)97-47-26(2)95-57(46(86)50(47)100-60-52(87)67(89,23-71)24-93-60)101-51-39(79)31(74)20-92-59(51)103-61(88)68-14-13-62(3,4)15-28(68)27-9-10-35-63(5)16-29(72)53(64(6,22-70)34(63)11-12-65(35,7)66(27,8)17-36(68)76)102-58-45(85)49(40(80)33(18-69)96-58)99-54-42(82)38(78)30(73)19-90-54/h9,25-26,28-60,69-87,89H,10-24H2,1-8H3/t25-,26-,28?,29-,30+,31-,32+,33+,34?,35?,36+,37-,38-,39-,40+,41+,42+,43+,44+,45+,46+,47-,48-,49-,50-,51+,52-,53-,54-,55-,56-,57-,58-,59-,60-,63-,64-,65+,66+,67+,68+/m0/s1. The predicted molar refractivity (Wildman–Crippen MR) is 338 cm³/mol. The van der Waals surface area contributed by atoms with Crippen molar-refractivity contribution < 1.29 is 173 Å². The lowest BCUT2D eigenvalue weighted by Gasteiger charge is -2.72. The second-order valence-electron chi connectivity index (χ2n) is 33.1. The van der Waals surface area contributed by atoms with E-state index in [9.17, 15) is 102 Å². The fraction of sp³-hybridized carbons (Fsp3) is 0.956. The molecule has 4 saturated carbocycles. The van der Waals surface area contributed by atoms with Crippen LogP contribution in [0.25, 0.3) is 0 Å². The first-order chi connectivity index (χ1) is 48.3. The zero-order valence-electron chi connectivity index (χ0n) is 59.0. The van der Waals surface area contributed by atoms with Gasteiger partial charge in [0.05, 0.1) is 76.8 Å². The Bertz CT molecular complexity index is 2960. The topological polar surface area (TPSA) is 551 Å². The van der Waals surface area contributed by atoms with E-state index in [0.29, 0.717) is 32.1 Å². The molecule has 0 bridgehead atoms. The average Bonchev–Trinajstić information content (AvgIpc) is 0.864. The van der Waals surface area contributed by atoms with Crippen LogP contribution >= 0.6 is 0 Å². The number of rotatable bonds is 17. The highest BCUT2D eigenvalue weighted by molar-refractivity contribution is 5.80. The second-order valence-corrected chi connectivity index (χ2v) is 33.1. The minimum absolute atomic E-state index is 0.0425. The maximum atomic E-state index is 15.8. The second kappa shape index (κ2) is 29.9. The van der Waals surface area contributed by atoms with Crippen molar-refractivity contribution in [2.45, 2.75) is 309 Å². The van der Waals surface area contributed by atoms with Crippen molar-refractivity contribution in [1.82, 2.24) is 0 Å². The van der Waals surface area contributed by atoms with Crippen molar-refractivity contribution in [3.05, 3.63) is 11.6 Å². The molecule has 0 spiro atoms. The summed E-state index contributed by atoms with van der Waals surface area (Å²) >= 11 is 0. The lowest BCUT2D eigenvalue weighted by Crippen LogP contribution is -2.71. The summed E-state index contributed by atoms with van der Waals surface area (Å²) in [6, 6.07) is 0. The molecule has 592 valence electrons. The first-order valence-corrected chi connectivity index (χ1v) is 36.0. The van der Waals surface area contributed by atoms with Crippen molar-refractivity contribution in [3.63, 3.8) is 0 Å². The molecule has 0 aromatic heterocycles. The van der Waals surface area contributed by atoms with E-state index in [1.54, 1.807) is 6.92 Å². The molecule has 5 aliphatic carbocycles. The maximum Gasteiger partial charge on any atom is 0.317 e. The van der Waals surface area contributed by atoms with Gasteiger partial charge in [-0.1, -0.05) is 53.2 Å². The van der Waals surface area contributed by atoms with Gasteiger partial charge in [-0.15, -0.1) is 0 Å². The summed E-state index contributed by atoms with van der Waals surface area (Å²) < 4.78 is 83.6. The number of hydrogen-bond donors (Lipinski definition) is 20. The van der Waals surface area contributed by atoms with E-state index in [1.165, 1.54) is 13.8 Å². The van der Waals surface area contributed by atoms with Crippen LogP contribution < -0.4 is 0 Å². The summed E-state index contributed by atoms with van der Waals surface area (Å²) in [6.07, 6.45) is -49.2. The molecule has 0 amide bonds. The molecule has 12 aliphatic rings. The Morgan fingerprint density at radius 3 is 1.72 bits per heavy atom. The Hall–Kier alpha value is -2.11. The quantitative estimate of drug-likeness (QED) is 0.0366. The number of esters is 1. The fourth-order valence-electron chi connectivity index (χ4n) is 20.0. The Balaban J connectivity index is 0.781. The van der Waals surface area contributed by atoms with Crippen LogP contribution in [-0.2, 0) is 71.1 Å². The zero-order chi connectivity index (χ0) is 75.1. The van der Waals surface area contributed by atoms with E-state index in [-0.39, 0.29) is 31.1 Å². The van der Waals surface area contributed by atoms with Gasteiger partial charge in [0.2, 0.25) is 6.29 Å². The van der Waals surface area contributed by atoms with Gasteiger partial charge < -0.3 is 168 Å². The van der Waals surface area contributed by atoms with Gasteiger partial charge in [-0.2, -0.15) is 0 Å². The van der Waals surface area contributed by atoms with Gasteiger partial charge in [-0.25, -0.2) is 0 Å². The fourth-order valence-corrected chi connectivity index (χ4v) is 20.0. The van der Waals surface area contributed by atoms with Crippen molar-refractivity contribution in [2.75, 3.05) is 46.2 Å². The molecule has 103 heavy (non-hydrogen) atoms. The number of aliphatic hydroxyl groups excluding tert-OH is 19. The number of aliphatic hydroxyl groups is 20. The highest BCUT2D eigenvalue weighted by Crippen LogP contribution is 2.76. The number of fused-ring (bicyclic) bond motifs is 7. The van der Waals surface area contributed by atoms with Gasteiger partial charge in [0.1, 0.15) is 127 Å². The smallest absolute Gasteiger partial charge is 0.317 e. The zero-order valence-corrected chi connectivity index (χ0v) is 59.0. The van der Waals surface area contributed by atoms with Crippen molar-refractivity contribution in [2.24, 2.45) is 50.2 Å². The van der Waals surface area contributed by atoms with Crippen LogP contribution in [-0.4, -0.2) is 357 Å². The van der Waals surface area contributed by atoms with Crippen LogP contribution in [0.4, 0.5) is 0 Å². The van der Waals surface area contributed by atoms with Gasteiger partial charge in [0.15, 0.2) is 43.8 Å². The number of ether oxygens (including phenoxy) is 14. The van der Waals surface area contributed by atoms with Crippen molar-refractivity contribution >= 4 is 5.97 Å². The Morgan fingerprint density at radius 2 is 1.06 bits per heavy atom. The molecule has 20 N–H and O–H groups in total. The lowest BCUT2D eigenvalue weighted by atomic mass is 9.33. The Morgan fingerprint density at radius 1 is 0.495 bits per heavy atom. The minimum atomic E-state index is -2.26. The van der Waals surface area contributed by atoms with Crippen LogP contribution in [0.3, 0.4) is 0 Å². The summed E-state index contributed by atoms with van der Waals surface area (Å²) in [5.74, 6) is -2.22. The summed E-state index contributed by atoms with van der Waals surface area (Å²) in [5, 5.41) is 224. The SMILES string of the molecule is C[C@@H]1O[C@@H](O[C@@H]2[C@@H](O)[C@H](O[C@@H]3[C@@H](O[C@@H]4OC[C@](O)(CO)[C@H]4O)[C@@H](O)[C@H](O[C@H]4[C@H](OC(=O)[C@]56CCC(C)(C)CC5C5=CCC7[C@@]8(C)C[C@H](O)[C@H](O[C@@H]9O[C@H](CO)[C@@H](O)[C@H](O[C@@H]%10OC[C@@H](O)[C@H](O)[C@H]%10O)[C@H]9O)[C@@](C)(CO)C8CC[C@@]7(C)[C@]5(C)C[C@H]6O)OC[C@H](O)[C@@H]4O)O[C@H]3C)OC[C@H]2O)[C@H](O)[C@H](O)[C@H]1O. The molecule has 7 saturated heterocycles. The third-order valence-corrected chi connectivity index (χ3v) is 26.3. The van der Waals surface area contributed by atoms with E-state index >= 15 is 4.79 Å². The lowest BCUT2D eigenvalue weighted by molar-refractivity contribution is -0.387. The highest BCUT2D eigenvalue weighted by Gasteiger charge is 2.74. The third-order valence-electron chi connectivity index (χ3n) is 26.3. The molecule has 41 atom stereocenters. The Labute approximate surface area is 594 Å². The molecule has 3 unspecified atom stereocenters. The Kier molecular flexibility index (Phi) is 23.3. The molecular formula is C68H110O35. The summed E-state index contributed by atoms with van der Waals surface area (Å²) in [4.78, 5) is 15.8. The molecular weight excluding hydrogens is 1380 g/mol. The normalized spacial score (nSPS) is 55.9. The average molecular weight is 1490 g/mol. The van der Waals surface area contributed by atoms with Crippen LogP contribution in [0.15, 0.2) is 11.6 Å². The molecule has 35 nitrogen and oxygen atoms in total. The van der Waals surface area contributed by atoms with Crippen LogP contribution in [0, 0.1) is 50.2 Å². The van der Waals surface area contributed by atoms with Crippen LogP contribution in [0.5, 0.6) is 0 Å². The minimum Gasteiger partial charge on any atom is -0.432 e. The molecule has 7 aliphatic heterocycles. The summed E-state index contributed by atoms with van der Waals surface area (Å²) in [6.45, 7) is 10.5. The van der Waals surface area contributed by atoms with Crippen molar-refractivity contribution in [1.29, 1.82) is 0 Å². The summed E-state index contributed by atoms with van der Waals surface area (Å²) in [7, 11) is 0. The monoisotopic (exact) mass is 1490 g/mol. The number of allylic oxidation sites excluding steroid dienone is 2. The number of carbonyl (C=O) groups is 1. The molecule has 0 aromatic carbocycles. The first kappa shape index (κ1) is 80.4. The molecule has 35 heteroatoms. The number of carbonyl (C=O) groups excluding carboxylic acids is 1. The van der Waals surface area contributed by atoms with Gasteiger partial charge in [0.25, 0.3) is 0 Å². The first-order valence-electron chi connectivity index (χ1n) is 36.0. The van der Waals surface area contributed by atoms with Gasteiger partial charge in [0, 0.05) is 5.41 Å². The third kappa shape index (κ3) is 13.6. The molecule has 0 radical (unpaired) electrons. The van der Waals surface area contributed by atoms with E-state index in [4.69, 9.17) is 66.3 Å². The predicted octanol–water partition coefficient (Wildman–Crippen LogP) is -7.04. The maximum absolute atomic E-state index is 15.8. The largest absolute Gasteiger partial charge is 0.432 e. The van der Waals surface area contributed by atoms with Gasteiger partial charge >= 0.3 is 5.97 Å². The van der Waals surface area contributed by atoms with E-state index in [1.807, 2.05) is 0 Å². The molecule has 0 aromatic rings. The van der Waals surface area contributed by atoms with E-state index < -0.39 is 293 Å². The van der Waals surface area contributed by atoms with E-state index in [0.717, 1.165) is 5.57 Å². The summed E-state index contributed by atoms with van der Waals surface area (Å²) in [5.41, 5.74) is -6.94. The number of hydrogen-bond acceptors (Lipinski definition) is 35. The van der Waals surface area contributed by atoms with Crippen LogP contribution in [0.2, 0.25) is 0 Å². The molecule has 7 heterocycles. The van der Waals surface area contributed by atoms with E-state index in [2.05, 4.69) is 40.7 Å².